The van der Waals surface area contributed by atoms with Crippen LogP contribution in [0.3, 0.4) is 0 Å². The number of nitrogens with two attached hydrogens (primary N) is 1. The second-order valence-corrected chi connectivity index (χ2v) is 4.63. The van der Waals surface area contributed by atoms with E-state index < -0.39 is 11.6 Å². The molecule has 1 unspecified atom stereocenters. The molecule has 0 aliphatic carbocycles. The molecule has 1 heterocycles. The summed E-state index contributed by atoms with van der Waals surface area (Å²) in [6.45, 7) is 5.48. The van der Waals surface area contributed by atoms with Crippen LogP contribution in [0.4, 0.5) is 0 Å². The Morgan fingerprint density at radius 2 is 2.36 bits per heavy atom. The van der Waals surface area contributed by atoms with Gasteiger partial charge >= 0.3 is 0 Å². The van der Waals surface area contributed by atoms with Gasteiger partial charge in [0.15, 0.2) is 0 Å². The molecule has 0 saturated carbocycles. The van der Waals surface area contributed by atoms with Gasteiger partial charge in [-0.25, -0.2) is 4.98 Å². The lowest BCUT2D eigenvalue weighted by Crippen LogP contribution is -2.47. The molecule has 0 saturated heterocycles. The molecule has 0 radical (unpaired) electrons. The Labute approximate surface area is 87.5 Å². The molecule has 4 nitrogen and oxygen atoms in total. The van der Waals surface area contributed by atoms with Gasteiger partial charge in [-0.2, -0.15) is 0 Å². The fourth-order valence-corrected chi connectivity index (χ4v) is 1.73. The molecule has 3 N–H and O–H groups in total. The summed E-state index contributed by atoms with van der Waals surface area (Å²) >= 11 is 1.52. The van der Waals surface area contributed by atoms with Crippen LogP contribution in [-0.2, 0) is 10.3 Å². The molecule has 0 spiro atoms. The highest BCUT2D eigenvalue weighted by atomic mass is 32.1. The molecule has 0 fully saturated rings. The van der Waals surface area contributed by atoms with Crippen LogP contribution < -0.4 is 11.1 Å². The number of hydrogen-bond donors (Lipinski definition) is 2. The summed E-state index contributed by atoms with van der Waals surface area (Å²) in [5.74, 6) is -0.162. The van der Waals surface area contributed by atoms with Crippen molar-refractivity contribution in [2.45, 2.75) is 32.4 Å². The van der Waals surface area contributed by atoms with Crippen molar-refractivity contribution in [2.24, 2.45) is 5.73 Å². The second-order valence-electron chi connectivity index (χ2n) is 3.74. The minimum Gasteiger partial charge on any atom is -0.343 e. The standard InChI is InChI=1S/C9H15N3OS/c1-6(10)7(13)12-9(2,3)8-11-4-5-14-8/h4-6H,10H2,1-3H3,(H,12,13). The first-order valence-electron chi connectivity index (χ1n) is 4.41. The van der Waals surface area contributed by atoms with Crippen molar-refractivity contribution >= 4 is 17.2 Å². The quantitative estimate of drug-likeness (QED) is 0.782. The van der Waals surface area contributed by atoms with Crippen molar-refractivity contribution in [3.05, 3.63) is 16.6 Å². The Morgan fingerprint density at radius 3 is 2.79 bits per heavy atom. The highest BCUT2D eigenvalue weighted by Gasteiger charge is 2.26. The minimum atomic E-state index is -0.491. The van der Waals surface area contributed by atoms with Crippen LogP contribution in [0, 0.1) is 0 Å². The summed E-state index contributed by atoms with van der Waals surface area (Å²) in [6.07, 6.45) is 1.72. The summed E-state index contributed by atoms with van der Waals surface area (Å²) < 4.78 is 0. The molecule has 0 aromatic carbocycles. The summed E-state index contributed by atoms with van der Waals surface area (Å²) in [4.78, 5) is 15.6. The van der Waals surface area contributed by atoms with Crippen LogP contribution in [0.1, 0.15) is 25.8 Å². The number of nitrogens with zero attached hydrogens (tertiary/aromatic N) is 1. The molecule has 0 bridgehead atoms. The van der Waals surface area contributed by atoms with E-state index in [0.29, 0.717) is 0 Å². The average Bonchev–Trinajstić information content (AvgIpc) is 2.54. The molecule has 1 aromatic heterocycles. The van der Waals surface area contributed by atoms with E-state index in [1.54, 1.807) is 13.1 Å². The molecule has 0 aliphatic heterocycles. The zero-order valence-corrected chi connectivity index (χ0v) is 9.39. The normalized spacial score (nSPS) is 13.7. The van der Waals surface area contributed by atoms with Crippen molar-refractivity contribution in [1.82, 2.24) is 10.3 Å². The summed E-state index contributed by atoms with van der Waals surface area (Å²) in [6, 6.07) is -0.491. The largest absolute Gasteiger partial charge is 0.343 e. The van der Waals surface area contributed by atoms with Gasteiger partial charge in [0.25, 0.3) is 0 Å². The van der Waals surface area contributed by atoms with Crippen LogP contribution >= 0.6 is 11.3 Å². The fraction of sp³-hybridized carbons (Fsp3) is 0.556. The van der Waals surface area contributed by atoms with Gasteiger partial charge < -0.3 is 11.1 Å². The Bertz CT molecular complexity index is 306. The van der Waals surface area contributed by atoms with Gasteiger partial charge in [0.1, 0.15) is 5.01 Å². The SMILES string of the molecule is CC(N)C(=O)NC(C)(C)c1nccs1. The predicted octanol–water partition coefficient (Wildman–Crippen LogP) is 0.842. The highest BCUT2D eigenvalue weighted by molar-refractivity contribution is 7.09. The number of carbonyl (C=O) groups excluding carboxylic acids is 1. The van der Waals surface area contributed by atoms with Crippen molar-refractivity contribution < 1.29 is 4.79 Å². The number of hydrogen-bond acceptors (Lipinski definition) is 4. The van der Waals surface area contributed by atoms with Gasteiger partial charge in [-0.15, -0.1) is 11.3 Å². The maximum absolute atomic E-state index is 11.4. The molecular weight excluding hydrogens is 198 g/mol. The van der Waals surface area contributed by atoms with E-state index in [0.717, 1.165) is 5.01 Å². The van der Waals surface area contributed by atoms with E-state index in [1.165, 1.54) is 11.3 Å². The zero-order chi connectivity index (χ0) is 10.8. The maximum Gasteiger partial charge on any atom is 0.237 e. The number of carbonyl (C=O) groups is 1. The smallest absolute Gasteiger partial charge is 0.237 e. The van der Waals surface area contributed by atoms with Crippen LogP contribution in [0.5, 0.6) is 0 Å². The molecule has 1 atom stereocenters. The van der Waals surface area contributed by atoms with E-state index >= 15 is 0 Å². The number of aromatic nitrogens is 1. The first-order valence-corrected chi connectivity index (χ1v) is 5.29. The first-order chi connectivity index (χ1) is 6.43. The van der Waals surface area contributed by atoms with Gasteiger partial charge in [-0.3, -0.25) is 4.79 Å². The lowest BCUT2D eigenvalue weighted by atomic mass is 10.1. The van der Waals surface area contributed by atoms with E-state index in [9.17, 15) is 4.79 Å². The topological polar surface area (TPSA) is 68.0 Å². The van der Waals surface area contributed by atoms with Crippen molar-refractivity contribution in [3.63, 3.8) is 0 Å². The van der Waals surface area contributed by atoms with Crippen LogP contribution in [0.25, 0.3) is 0 Å². The third-order valence-electron chi connectivity index (χ3n) is 1.82. The van der Waals surface area contributed by atoms with E-state index in [1.807, 2.05) is 19.2 Å². The Kier molecular flexibility index (Phi) is 3.23. The Morgan fingerprint density at radius 1 is 1.71 bits per heavy atom. The third-order valence-corrected chi connectivity index (χ3v) is 2.91. The Balaban J connectivity index is 2.72. The lowest BCUT2D eigenvalue weighted by Gasteiger charge is -2.24. The van der Waals surface area contributed by atoms with Crippen molar-refractivity contribution in [3.8, 4) is 0 Å². The Hall–Kier alpha value is -0.940. The minimum absolute atomic E-state index is 0.162. The van der Waals surface area contributed by atoms with Gasteiger partial charge in [-0.05, 0) is 20.8 Å². The zero-order valence-electron chi connectivity index (χ0n) is 8.57. The highest BCUT2D eigenvalue weighted by Crippen LogP contribution is 2.21. The maximum atomic E-state index is 11.4. The van der Waals surface area contributed by atoms with Gasteiger partial charge in [0.05, 0.1) is 11.6 Å². The van der Waals surface area contributed by atoms with Gasteiger partial charge in [0, 0.05) is 11.6 Å². The average molecular weight is 213 g/mol. The number of rotatable bonds is 3. The predicted molar refractivity (Wildman–Crippen MR) is 56.9 cm³/mol. The van der Waals surface area contributed by atoms with E-state index in [2.05, 4.69) is 10.3 Å². The monoisotopic (exact) mass is 213 g/mol. The van der Waals surface area contributed by atoms with Crippen LogP contribution in [-0.4, -0.2) is 16.9 Å². The molecule has 1 rings (SSSR count). The second kappa shape index (κ2) is 4.06. The molecule has 5 heteroatoms. The molecular formula is C9H15N3OS. The molecule has 1 aromatic rings. The van der Waals surface area contributed by atoms with Crippen molar-refractivity contribution in [1.29, 1.82) is 0 Å². The third kappa shape index (κ3) is 2.52. The summed E-state index contributed by atoms with van der Waals surface area (Å²) in [7, 11) is 0. The number of nitrogens with one attached hydrogen (secondary N) is 1. The van der Waals surface area contributed by atoms with E-state index in [4.69, 9.17) is 5.73 Å². The van der Waals surface area contributed by atoms with E-state index in [-0.39, 0.29) is 5.91 Å². The lowest BCUT2D eigenvalue weighted by molar-refractivity contribution is -0.123. The first kappa shape index (κ1) is 11.1. The fourth-order valence-electron chi connectivity index (χ4n) is 1.01. The van der Waals surface area contributed by atoms with Crippen LogP contribution in [0.2, 0.25) is 0 Å². The molecule has 1 amide bonds. The summed E-state index contributed by atoms with van der Waals surface area (Å²) in [5.41, 5.74) is 5.02. The molecule has 78 valence electrons. The molecule has 14 heavy (non-hydrogen) atoms. The van der Waals surface area contributed by atoms with Gasteiger partial charge in [-0.1, -0.05) is 0 Å². The van der Waals surface area contributed by atoms with Gasteiger partial charge in [0.2, 0.25) is 5.91 Å². The number of thiazole rings is 1. The summed E-state index contributed by atoms with van der Waals surface area (Å²) in [5, 5.41) is 5.61. The number of amides is 1. The molecule has 0 aliphatic rings. The van der Waals surface area contributed by atoms with Crippen LogP contribution in [0.15, 0.2) is 11.6 Å². The van der Waals surface area contributed by atoms with Crippen molar-refractivity contribution in [2.75, 3.05) is 0 Å².